The molecule has 0 atom stereocenters. The van der Waals surface area contributed by atoms with Gasteiger partial charge in [-0.3, -0.25) is 4.79 Å². The first-order valence-electron chi connectivity index (χ1n) is 9.61. The molecular weight excluding hydrogens is 392 g/mol. The van der Waals surface area contributed by atoms with Crippen molar-refractivity contribution in [1.82, 2.24) is 0 Å². The molecule has 0 N–H and O–H groups in total. The highest BCUT2D eigenvalue weighted by Gasteiger charge is 2.20. The number of ketones is 1. The van der Waals surface area contributed by atoms with Gasteiger partial charge in [0.1, 0.15) is 4.88 Å². The summed E-state index contributed by atoms with van der Waals surface area (Å²) in [5.74, 6) is -0.162. The SMILES string of the molecule is O=C(COC(=O)c1sc2ccccc2c1Cl)c1ccc(C2CCCCC2)cc1. The number of thiophene rings is 1. The summed E-state index contributed by atoms with van der Waals surface area (Å²) in [5, 5.41) is 1.21. The summed E-state index contributed by atoms with van der Waals surface area (Å²) >= 11 is 7.58. The van der Waals surface area contributed by atoms with Gasteiger partial charge in [-0.1, -0.05) is 73.3 Å². The van der Waals surface area contributed by atoms with E-state index in [9.17, 15) is 9.59 Å². The fourth-order valence-electron chi connectivity index (χ4n) is 3.80. The van der Waals surface area contributed by atoms with Gasteiger partial charge in [-0.15, -0.1) is 11.3 Å². The Morgan fingerprint density at radius 3 is 2.43 bits per heavy atom. The maximum Gasteiger partial charge on any atom is 0.350 e. The van der Waals surface area contributed by atoms with E-state index in [1.165, 1.54) is 49.0 Å². The number of carbonyl (C=O) groups is 2. The average molecular weight is 413 g/mol. The lowest BCUT2D eigenvalue weighted by atomic mass is 9.84. The molecule has 28 heavy (non-hydrogen) atoms. The van der Waals surface area contributed by atoms with Crippen LogP contribution in [0.2, 0.25) is 5.02 Å². The maximum atomic E-state index is 12.4. The molecule has 1 aliphatic carbocycles. The second-order valence-corrected chi connectivity index (χ2v) is 8.63. The number of hydrogen-bond acceptors (Lipinski definition) is 4. The average Bonchev–Trinajstić information content (AvgIpc) is 3.09. The van der Waals surface area contributed by atoms with Crippen LogP contribution in [0.25, 0.3) is 10.1 Å². The highest BCUT2D eigenvalue weighted by Crippen LogP contribution is 2.35. The van der Waals surface area contributed by atoms with Crippen LogP contribution in [0.5, 0.6) is 0 Å². The zero-order valence-corrected chi connectivity index (χ0v) is 17.0. The minimum atomic E-state index is -0.557. The van der Waals surface area contributed by atoms with Crippen molar-refractivity contribution in [2.24, 2.45) is 0 Å². The first-order chi connectivity index (χ1) is 13.6. The van der Waals surface area contributed by atoms with E-state index in [4.69, 9.17) is 16.3 Å². The zero-order valence-electron chi connectivity index (χ0n) is 15.4. The van der Waals surface area contributed by atoms with Crippen molar-refractivity contribution >= 4 is 44.8 Å². The molecule has 3 nitrogen and oxygen atoms in total. The van der Waals surface area contributed by atoms with E-state index in [1.807, 2.05) is 48.5 Å². The molecule has 0 saturated heterocycles. The Labute approximate surface area is 173 Å². The predicted octanol–water partition coefficient (Wildman–Crippen LogP) is 6.64. The second-order valence-electron chi connectivity index (χ2n) is 7.20. The van der Waals surface area contributed by atoms with Crippen molar-refractivity contribution in [2.45, 2.75) is 38.0 Å². The molecule has 0 bridgehead atoms. The number of ether oxygens (including phenoxy) is 1. The molecule has 1 fully saturated rings. The van der Waals surface area contributed by atoms with Crippen LogP contribution in [-0.4, -0.2) is 18.4 Å². The van der Waals surface area contributed by atoms with Gasteiger partial charge >= 0.3 is 5.97 Å². The minimum Gasteiger partial charge on any atom is -0.453 e. The molecule has 0 unspecified atom stereocenters. The van der Waals surface area contributed by atoms with E-state index >= 15 is 0 Å². The lowest BCUT2D eigenvalue weighted by molar-refractivity contribution is 0.0480. The quantitative estimate of drug-likeness (QED) is 0.348. The van der Waals surface area contributed by atoms with E-state index in [2.05, 4.69) is 0 Å². The third-order valence-corrected chi connectivity index (χ3v) is 7.02. The monoisotopic (exact) mass is 412 g/mol. The summed E-state index contributed by atoms with van der Waals surface area (Å²) in [6.07, 6.45) is 6.33. The van der Waals surface area contributed by atoms with Gasteiger partial charge in [0.2, 0.25) is 0 Å². The summed E-state index contributed by atoms with van der Waals surface area (Å²) in [6, 6.07) is 15.3. The third-order valence-electron chi connectivity index (χ3n) is 5.36. The molecule has 1 aromatic heterocycles. The highest BCUT2D eigenvalue weighted by molar-refractivity contribution is 7.21. The summed E-state index contributed by atoms with van der Waals surface area (Å²) in [6.45, 7) is -0.286. The Bertz CT molecular complexity index is 1000. The lowest BCUT2D eigenvalue weighted by Gasteiger charge is -2.22. The number of halogens is 1. The number of carbonyl (C=O) groups excluding carboxylic acids is 2. The van der Waals surface area contributed by atoms with Crippen LogP contribution in [0.4, 0.5) is 0 Å². The van der Waals surface area contributed by atoms with E-state index in [0.29, 0.717) is 21.4 Å². The standard InChI is InChI=1S/C23H21ClO3S/c24-21-18-8-4-5-9-20(18)28-22(21)23(26)27-14-19(25)17-12-10-16(11-13-17)15-6-2-1-3-7-15/h4-5,8-13,15H,1-3,6-7,14H2. The van der Waals surface area contributed by atoms with Crippen molar-refractivity contribution in [3.63, 3.8) is 0 Å². The van der Waals surface area contributed by atoms with Gasteiger partial charge in [0, 0.05) is 15.6 Å². The lowest BCUT2D eigenvalue weighted by Crippen LogP contribution is -2.14. The second kappa shape index (κ2) is 8.46. The Morgan fingerprint density at radius 2 is 1.71 bits per heavy atom. The van der Waals surface area contributed by atoms with Gasteiger partial charge < -0.3 is 4.74 Å². The molecule has 0 radical (unpaired) electrons. The Balaban J connectivity index is 1.39. The molecule has 1 saturated carbocycles. The van der Waals surface area contributed by atoms with Crippen molar-refractivity contribution in [3.05, 3.63) is 69.6 Å². The summed E-state index contributed by atoms with van der Waals surface area (Å²) in [5.41, 5.74) is 1.86. The first kappa shape index (κ1) is 19.2. The molecule has 144 valence electrons. The van der Waals surface area contributed by atoms with Crippen LogP contribution in [0.15, 0.2) is 48.5 Å². The predicted molar refractivity (Wildman–Crippen MR) is 114 cm³/mol. The van der Waals surface area contributed by atoms with Gasteiger partial charge in [-0.05, 0) is 30.4 Å². The molecule has 5 heteroatoms. The van der Waals surface area contributed by atoms with Crippen LogP contribution < -0.4 is 0 Å². The number of hydrogen-bond donors (Lipinski definition) is 0. The van der Waals surface area contributed by atoms with E-state index < -0.39 is 5.97 Å². The van der Waals surface area contributed by atoms with E-state index in [0.717, 1.165) is 10.1 Å². The third kappa shape index (κ3) is 3.98. The van der Waals surface area contributed by atoms with Crippen LogP contribution in [0, 0.1) is 0 Å². The minimum absolute atomic E-state index is 0.208. The fourth-order valence-corrected chi connectivity index (χ4v) is 5.20. The van der Waals surface area contributed by atoms with Gasteiger partial charge in [0.25, 0.3) is 0 Å². The molecule has 0 aliphatic heterocycles. The molecular formula is C23H21ClO3S. The Hall–Kier alpha value is -2.17. The number of benzene rings is 2. The summed E-state index contributed by atoms with van der Waals surface area (Å²) in [7, 11) is 0. The zero-order chi connectivity index (χ0) is 19.5. The van der Waals surface area contributed by atoms with Crippen LogP contribution in [0.1, 0.15) is 63.6 Å². The molecule has 0 spiro atoms. The van der Waals surface area contributed by atoms with Crippen LogP contribution >= 0.6 is 22.9 Å². The first-order valence-corrected chi connectivity index (χ1v) is 10.8. The number of fused-ring (bicyclic) bond motifs is 1. The Kier molecular flexibility index (Phi) is 5.79. The van der Waals surface area contributed by atoms with Gasteiger partial charge in [0.05, 0.1) is 5.02 Å². The van der Waals surface area contributed by atoms with E-state index in [1.54, 1.807) is 0 Å². The van der Waals surface area contributed by atoms with Crippen molar-refractivity contribution in [1.29, 1.82) is 0 Å². The molecule has 3 aromatic rings. The molecule has 1 aliphatic rings. The van der Waals surface area contributed by atoms with Crippen molar-refractivity contribution < 1.29 is 14.3 Å². The van der Waals surface area contributed by atoms with Crippen molar-refractivity contribution in [3.8, 4) is 0 Å². The Morgan fingerprint density at radius 1 is 1.00 bits per heavy atom. The molecule has 0 amide bonds. The van der Waals surface area contributed by atoms with E-state index in [-0.39, 0.29) is 12.4 Å². The van der Waals surface area contributed by atoms with Gasteiger partial charge in [0.15, 0.2) is 12.4 Å². The molecule has 4 rings (SSSR count). The fraction of sp³-hybridized carbons (Fsp3) is 0.304. The molecule has 2 aromatic carbocycles. The molecule has 1 heterocycles. The van der Waals surface area contributed by atoms with Crippen molar-refractivity contribution in [2.75, 3.05) is 6.61 Å². The summed E-state index contributed by atoms with van der Waals surface area (Å²) in [4.78, 5) is 25.1. The number of rotatable bonds is 5. The number of Topliss-reactive ketones (excluding diaryl/α,β-unsaturated/α-hetero) is 1. The topological polar surface area (TPSA) is 43.4 Å². The van der Waals surface area contributed by atoms with Gasteiger partial charge in [-0.25, -0.2) is 4.79 Å². The maximum absolute atomic E-state index is 12.4. The van der Waals surface area contributed by atoms with Gasteiger partial charge in [-0.2, -0.15) is 0 Å². The highest BCUT2D eigenvalue weighted by atomic mass is 35.5. The summed E-state index contributed by atoms with van der Waals surface area (Å²) < 4.78 is 6.16. The van der Waals surface area contributed by atoms with Crippen LogP contribution in [0.3, 0.4) is 0 Å². The largest absolute Gasteiger partial charge is 0.453 e. The normalized spacial score (nSPS) is 14.9. The number of esters is 1. The smallest absolute Gasteiger partial charge is 0.350 e. The van der Waals surface area contributed by atoms with Crippen LogP contribution in [-0.2, 0) is 4.74 Å².